The largest absolute Gasteiger partial charge is 0.309 e. The smallest absolute Gasteiger partial charge is 0.160 e. The van der Waals surface area contributed by atoms with E-state index in [0.717, 1.165) is 50.5 Å². The predicted octanol–water partition coefficient (Wildman–Crippen LogP) is 13.9. The molecule has 8 aromatic carbocycles. The van der Waals surface area contributed by atoms with Crippen molar-refractivity contribution < 1.29 is 0 Å². The summed E-state index contributed by atoms with van der Waals surface area (Å²) < 4.78 is 4.74. The Kier molecular flexibility index (Phi) is 8.92. The molecule has 0 fully saturated rings. The first-order chi connectivity index (χ1) is 28.6. The highest BCUT2D eigenvalue weighted by molar-refractivity contribution is 6.14. The van der Waals surface area contributed by atoms with E-state index in [1.165, 1.54) is 43.7 Å². The zero-order valence-electron chi connectivity index (χ0n) is 32.4. The van der Waals surface area contributed by atoms with Gasteiger partial charge in [0.2, 0.25) is 0 Å². The SMILES string of the molecule is C/C=C(/N=C(N=C(C)c1ccccc1)c1ccccc1)c1cccc(-n2c3ccccc3c3cc(-c4ccc5c(c4)c4ccccc4n5-c4ccccc4)ccc32)c1. The van der Waals surface area contributed by atoms with E-state index in [0.29, 0.717) is 5.84 Å². The molecular formula is C54H40N4. The molecule has 0 unspecified atom stereocenters. The molecule has 0 aliphatic rings. The van der Waals surface area contributed by atoms with Gasteiger partial charge in [0.15, 0.2) is 5.84 Å². The van der Waals surface area contributed by atoms with E-state index < -0.39 is 0 Å². The van der Waals surface area contributed by atoms with E-state index in [1.807, 2.05) is 50.2 Å². The summed E-state index contributed by atoms with van der Waals surface area (Å²) in [5, 5.41) is 4.93. The summed E-state index contributed by atoms with van der Waals surface area (Å²) in [5.74, 6) is 0.674. The van der Waals surface area contributed by atoms with Crippen molar-refractivity contribution in [3.8, 4) is 22.5 Å². The van der Waals surface area contributed by atoms with Crippen molar-refractivity contribution in [2.45, 2.75) is 13.8 Å². The van der Waals surface area contributed by atoms with Crippen LogP contribution in [0, 0.1) is 0 Å². The lowest BCUT2D eigenvalue weighted by Crippen LogP contribution is -2.04. The van der Waals surface area contributed by atoms with E-state index in [4.69, 9.17) is 9.98 Å². The number of hydrogen-bond acceptors (Lipinski definition) is 1. The average molecular weight is 745 g/mol. The molecular weight excluding hydrogens is 705 g/mol. The van der Waals surface area contributed by atoms with Crippen molar-refractivity contribution in [1.29, 1.82) is 0 Å². The minimum absolute atomic E-state index is 0.674. The van der Waals surface area contributed by atoms with Gasteiger partial charge in [0, 0.05) is 49.8 Å². The van der Waals surface area contributed by atoms with Gasteiger partial charge in [0.05, 0.1) is 27.8 Å². The third-order valence-corrected chi connectivity index (χ3v) is 11.1. The highest BCUT2D eigenvalue weighted by atomic mass is 15.0. The van der Waals surface area contributed by atoms with Crippen molar-refractivity contribution in [3.05, 3.63) is 223 Å². The Balaban J connectivity index is 1.07. The molecule has 0 aliphatic heterocycles. The number of fused-ring (bicyclic) bond motifs is 6. The number of amidine groups is 1. The zero-order chi connectivity index (χ0) is 39.0. The molecule has 0 saturated heterocycles. The summed E-state index contributed by atoms with van der Waals surface area (Å²) in [6.45, 7) is 4.08. The fourth-order valence-corrected chi connectivity index (χ4v) is 8.30. The summed E-state index contributed by atoms with van der Waals surface area (Å²) in [7, 11) is 0. The van der Waals surface area contributed by atoms with Crippen LogP contribution in [0.25, 0.3) is 71.8 Å². The third-order valence-electron chi connectivity index (χ3n) is 11.1. The van der Waals surface area contributed by atoms with Crippen LogP contribution in [0.4, 0.5) is 0 Å². The van der Waals surface area contributed by atoms with Crippen molar-refractivity contribution in [1.82, 2.24) is 9.13 Å². The number of nitrogens with zero attached hydrogens (tertiary/aromatic N) is 4. The highest BCUT2D eigenvalue weighted by Crippen LogP contribution is 2.38. The van der Waals surface area contributed by atoms with Crippen molar-refractivity contribution in [3.63, 3.8) is 0 Å². The molecule has 276 valence electrons. The number of aromatic nitrogens is 2. The molecule has 58 heavy (non-hydrogen) atoms. The van der Waals surface area contributed by atoms with Gasteiger partial charge in [-0.25, -0.2) is 9.98 Å². The Morgan fingerprint density at radius 2 is 0.862 bits per heavy atom. The van der Waals surface area contributed by atoms with Crippen molar-refractivity contribution in [2.24, 2.45) is 9.98 Å². The molecule has 0 spiro atoms. The topological polar surface area (TPSA) is 34.6 Å². The molecule has 2 aromatic heterocycles. The van der Waals surface area contributed by atoms with Gasteiger partial charge in [-0.2, -0.15) is 0 Å². The summed E-state index contributed by atoms with van der Waals surface area (Å²) in [4.78, 5) is 10.3. The quantitative estimate of drug-likeness (QED) is 0.115. The van der Waals surface area contributed by atoms with Crippen LogP contribution in [0.5, 0.6) is 0 Å². The van der Waals surface area contributed by atoms with E-state index in [9.17, 15) is 0 Å². The molecule has 0 radical (unpaired) electrons. The second-order valence-electron chi connectivity index (χ2n) is 14.6. The van der Waals surface area contributed by atoms with Crippen LogP contribution in [-0.2, 0) is 0 Å². The summed E-state index contributed by atoms with van der Waals surface area (Å²) >= 11 is 0. The second-order valence-corrected chi connectivity index (χ2v) is 14.6. The van der Waals surface area contributed by atoms with Gasteiger partial charge in [0.1, 0.15) is 0 Å². The average Bonchev–Trinajstić information content (AvgIpc) is 3.81. The number of para-hydroxylation sites is 3. The van der Waals surface area contributed by atoms with Crippen LogP contribution in [0.15, 0.2) is 216 Å². The van der Waals surface area contributed by atoms with Crippen LogP contribution < -0.4 is 0 Å². The molecule has 4 heteroatoms. The number of rotatable bonds is 7. The van der Waals surface area contributed by atoms with Gasteiger partial charge in [-0.05, 0) is 91.2 Å². The first-order valence-electron chi connectivity index (χ1n) is 19.8. The first-order valence-corrected chi connectivity index (χ1v) is 19.8. The second kappa shape index (κ2) is 14.8. The van der Waals surface area contributed by atoms with Crippen LogP contribution in [-0.4, -0.2) is 20.7 Å². The van der Waals surface area contributed by atoms with Crippen molar-refractivity contribution in [2.75, 3.05) is 0 Å². The zero-order valence-corrected chi connectivity index (χ0v) is 32.4. The van der Waals surface area contributed by atoms with Gasteiger partial charge in [0.25, 0.3) is 0 Å². The fourth-order valence-electron chi connectivity index (χ4n) is 8.30. The lowest BCUT2D eigenvalue weighted by atomic mass is 10.0. The number of aliphatic imine (C=N–C) groups is 2. The normalized spacial score (nSPS) is 12.6. The summed E-state index contributed by atoms with van der Waals surface area (Å²) in [6.07, 6.45) is 2.07. The van der Waals surface area contributed by atoms with Gasteiger partial charge < -0.3 is 9.13 Å². The van der Waals surface area contributed by atoms with Crippen LogP contribution >= 0.6 is 0 Å². The number of hydrogen-bond donors (Lipinski definition) is 0. The Hall–Kier alpha value is -7.56. The Morgan fingerprint density at radius 1 is 0.397 bits per heavy atom. The number of allylic oxidation sites excluding steroid dienone is 1. The molecule has 10 rings (SSSR count). The lowest BCUT2D eigenvalue weighted by Gasteiger charge is -2.12. The third kappa shape index (κ3) is 6.22. The number of benzene rings is 8. The first kappa shape index (κ1) is 34.9. The van der Waals surface area contributed by atoms with E-state index in [2.05, 4.69) is 179 Å². The molecule has 10 aromatic rings. The Labute approximate surface area is 338 Å². The van der Waals surface area contributed by atoms with Crippen molar-refractivity contribution >= 4 is 60.9 Å². The van der Waals surface area contributed by atoms with Gasteiger partial charge in [-0.15, -0.1) is 0 Å². The Morgan fingerprint density at radius 3 is 1.45 bits per heavy atom. The predicted molar refractivity (Wildman–Crippen MR) is 246 cm³/mol. The molecule has 0 aliphatic carbocycles. The standard InChI is InChI=1S/C54H40N4/c1-3-49(56-54(39-20-9-5-10-21-39)55-37(2)38-18-7-4-8-19-38)42-22-17-25-44(34-42)58-51-29-16-14-27-46(51)48-36-41(31-33-53(48)58)40-30-32-52-47(35-40)45-26-13-15-28-50(45)57(52)43-23-11-6-12-24-43/h3-36H,1-2H3/b49-3+,55-37?,56-54?. The maximum absolute atomic E-state index is 5.23. The summed E-state index contributed by atoms with van der Waals surface area (Å²) in [5.41, 5.74) is 14.2. The van der Waals surface area contributed by atoms with Crippen LogP contribution in [0.3, 0.4) is 0 Å². The molecule has 0 bridgehead atoms. The van der Waals surface area contributed by atoms with Crippen LogP contribution in [0.2, 0.25) is 0 Å². The van der Waals surface area contributed by atoms with Crippen LogP contribution in [0.1, 0.15) is 30.5 Å². The molecule has 0 atom stereocenters. The molecule has 2 heterocycles. The lowest BCUT2D eigenvalue weighted by molar-refractivity contribution is 1.18. The summed E-state index contributed by atoms with van der Waals surface area (Å²) in [6, 6.07) is 71.0. The van der Waals surface area contributed by atoms with E-state index >= 15 is 0 Å². The molecule has 4 nitrogen and oxygen atoms in total. The van der Waals surface area contributed by atoms with E-state index in [1.54, 1.807) is 0 Å². The van der Waals surface area contributed by atoms with Gasteiger partial charge >= 0.3 is 0 Å². The Bertz CT molecular complexity index is 3220. The van der Waals surface area contributed by atoms with Gasteiger partial charge in [-0.1, -0.05) is 146 Å². The highest BCUT2D eigenvalue weighted by Gasteiger charge is 2.17. The minimum Gasteiger partial charge on any atom is -0.309 e. The fraction of sp³-hybridized carbons (Fsp3) is 0.0370. The maximum atomic E-state index is 5.23. The molecule has 0 amide bonds. The monoisotopic (exact) mass is 744 g/mol. The molecule has 0 saturated carbocycles. The van der Waals surface area contributed by atoms with E-state index in [-0.39, 0.29) is 0 Å². The van der Waals surface area contributed by atoms with Gasteiger partial charge in [-0.3, -0.25) is 0 Å². The molecule has 0 N–H and O–H groups in total. The maximum Gasteiger partial charge on any atom is 0.160 e. The minimum atomic E-state index is 0.674.